The number of hydrogen-bond acceptors (Lipinski definition) is 10. The van der Waals surface area contributed by atoms with Crippen LogP contribution in [-0.2, 0) is 14.8 Å². The molecule has 0 aliphatic heterocycles. The van der Waals surface area contributed by atoms with E-state index < -0.39 is 16.1 Å². The minimum Gasteiger partial charge on any atom is -0.497 e. The van der Waals surface area contributed by atoms with E-state index in [1.54, 1.807) is 54.6 Å². The fraction of sp³-hybridized carbons (Fsp3) is 0.111. The molecule has 0 fully saturated rings. The molecule has 12 nitrogen and oxygen atoms in total. The van der Waals surface area contributed by atoms with E-state index in [9.17, 15) is 13.2 Å². The second-order valence-electron chi connectivity index (χ2n) is 7.94. The summed E-state index contributed by atoms with van der Waals surface area (Å²) in [6.45, 7) is -0.335. The molecule has 0 saturated carbocycles. The molecule has 4 rings (SSSR count). The lowest BCUT2D eigenvalue weighted by molar-refractivity contribution is 0.135. The minimum atomic E-state index is -4.05. The Kier molecular flexibility index (Phi) is 9.91. The van der Waals surface area contributed by atoms with E-state index in [-0.39, 0.29) is 41.4 Å². The van der Waals surface area contributed by atoms with Crippen LogP contribution in [0.4, 0.5) is 16.4 Å². The number of nitrogens with one attached hydrogen (secondary N) is 2. The Labute approximate surface area is 241 Å². The second kappa shape index (κ2) is 14.0. The Bertz CT molecular complexity index is 1610. The van der Waals surface area contributed by atoms with Gasteiger partial charge in [0, 0.05) is 12.3 Å². The van der Waals surface area contributed by atoms with Crippen molar-refractivity contribution < 1.29 is 32.2 Å². The molecule has 2 aromatic carbocycles. The third-order valence-corrected chi connectivity index (χ3v) is 6.33. The zero-order valence-electron chi connectivity index (χ0n) is 21.6. The maximum absolute atomic E-state index is 12.9. The van der Waals surface area contributed by atoms with Gasteiger partial charge in [0.05, 0.1) is 17.5 Å². The quantitative estimate of drug-likeness (QED) is 0.204. The number of pyridine rings is 1. The highest BCUT2D eigenvalue weighted by Gasteiger charge is 2.21. The Hall–Kier alpha value is -4.88. The summed E-state index contributed by atoms with van der Waals surface area (Å²) < 4.78 is 50.0. The number of halogens is 1. The normalized spacial score (nSPS) is 11.1. The van der Waals surface area contributed by atoms with Crippen molar-refractivity contribution in [3.05, 3.63) is 95.2 Å². The average molecular weight is 598 g/mol. The number of benzene rings is 2. The average Bonchev–Trinajstić information content (AvgIpc) is 2.97. The van der Waals surface area contributed by atoms with E-state index in [0.29, 0.717) is 17.1 Å². The summed E-state index contributed by atoms with van der Waals surface area (Å²) in [5.41, 5.74) is 0.677. The Balaban J connectivity index is 1.53. The van der Waals surface area contributed by atoms with Gasteiger partial charge in [0.15, 0.2) is 5.82 Å². The van der Waals surface area contributed by atoms with Gasteiger partial charge in [0.25, 0.3) is 15.9 Å². The molecule has 14 heteroatoms. The second-order valence-corrected chi connectivity index (χ2v) is 9.91. The van der Waals surface area contributed by atoms with E-state index >= 15 is 0 Å². The topological polar surface area (TPSA) is 151 Å². The Morgan fingerprint density at radius 2 is 1.80 bits per heavy atom. The number of aromatic nitrogens is 3. The van der Waals surface area contributed by atoms with Crippen LogP contribution in [0.2, 0.25) is 5.02 Å². The van der Waals surface area contributed by atoms with Gasteiger partial charge in [0.2, 0.25) is 5.75 Å². The summed E-state index contributed by atoms with van der Waals surface area (Å²) in [5.74, 6) is 0.328. The SMILES string of the molecule is COc1ccc(Cl)c(Oc2c(NS(=O)(=O)/C=C/c3ccccc3)ncnc2OCCOC(=O)Nc2ccccn2)c1. The standard InChI is InChI=1S/C27H24ClN5O7S/c1-37-20-10-11-21(28)22(17-20)40-24-25(33-41(35,36)16-12-19-7-3-2-4-8-19)30-18-31-26(24)38-14-15-39-27(34)32-23-9-5-6-13-29-23/h2-13,16-18H,14-15H2,1H3,(H,29,32,34)(H,30,31,33)/b16-12+. The highest BCUT2D eigenvalue weighted by Crippen LogP contribution is 2.40. The van der Waals surface area contributed by atoms with E-state index in [0.717, 1.165) is 11.7 Å². The number of nitrogens with zero attached hydrogens (tertiary/aromatic N) is 3. The molecular weight excluding hydrogens is 574 g/mol. The highest BCUT2D eigenvalue weighted by molar-refractivity contribution is 7.95. The van der Waals surface area contributed by atoms with Crippen LogP contribution in [0.1, 0.15) is 5.56 Å². The fourth-order valence-electron chi connectivity index (χ4n) is 3.18. The van der Waals surface area contributed by atoms with Gasteiger partial charge in [-0.3, -0.25) is 10.0 Å². The number of ether oxygens (including phenoxy) is 4. The molecule has 0 radical (unpaired) electrons. The number of amides is 1. The van der Waals surface area contributed by atoms with E-state index in [1.807, 2.05) is 6.07 Å². The monoisotopic (exact) mass is 597 g/mol. The maximum Gasteiger partial charge on any atom is 0.412 e. The molecule has 0 bridgehead atoms. The molecule has 0 spiro atoms. The van der Waals surface area contributed by atoms with Gasteiger partial charge in [-0.25, -0.2) is 23.2 Å². The maximum atomic E-state index is 12.9. The smallest absolute Gasteiger partial charge is 0.412 e. The first-order valence-electron chi connectivity index (χ1n) is 11.9. The van der Waals surface area contributed by atoms with Crippen molar-refractivity contribution in [3.8, 4) is 23.1 Å². The van der Waals surface area contributed by atoms with Crippen molar-refractivity contribution in [2.45, 2.75) is 0 Å². The van der Waals surface area contributed by atoms with Gasteiger partial charge in [0.1, 0.15) is 36.9 Å². The first-order chi connectivity index (χ1) is 19.8. The zero-order valence-corrected chi connectivity index (χ0v) is 23.1. The Morgan fingerprint density at radius 1 is 1.00 bits per heavy atom. The summed E-state index contributed by atoms with van der Waals surface area (Å²) >= 11 is 6.31. The van der Waals surface area contributed by atoms with Crippen LogP contribution >= 0.6 is 11.6 Å². The third kappa shape index (κ3) is 8.81. The molecule has 0 saturated heterocycles. The summed E-state index contributed by atoms with van der Waals surface area (Å²) in [7, 11) is -2.58. The molecule has 2 heterocycles. The number of anilines is 2. The largest absolute Gasteiger partial charge is 0.497 e. The molecule has 0 atom stereocenters. The molecule has 0 aliphatic rings. The molecule has 212 valence electrons. The van der Waals surface area contributed by atoms with Gasteiger partial charge in [-0.2, -0.15) is 4.98 Å². The summed E-state index contributed by atoms with van der Waals surface area (Å²) in [6.07, 6.45) is 3.29. The fourth-order valence-corrected chi connectivity index (χ4v) is 4.15. The van der Waals surface area contributed by atoms with Crippen LogP contribution in [0.5, 0.6) is 23.1 Å². The zero-order chi connectivity index (χ0) is 29.1. The van der Waals surface area contributed by atoms with Gasteiger partial charge in [-0.15, -0.1) is 0 Å². The van der Waals surface area contributed by atoms with Gasteiger partial charge >= 0.3 is 6.09 Å². The first kappa shape index (κ1) is 29.1. The van der Waals surface area contributed by atoms with Crippen molar-refractivity contribution in [3.63, 3.8) is 0 Å². The van der Waals surface area contributed by atoms with E-state index in [4.69, 9.17) is 30.5 Å². The highest BCUT2D eigenvalue weighted by atomic mass is 35.5. The van der Waals surface area contributed by atoms with Gasteiger partial charge < -0.3 is 18.9 Å². The summed E-state index contributed by atoms with van der Waals surface area (Å²) in [6, 6.07) is 18.6. The number of carbonyl (C=O) groups excluding carboxylic acids is 1. The van der Waals surface area contributed by atoms with E-state index in [1.165, 1.54) is 25.4 Å². The van der Waals surface area contributed by atoms with Crippen LogP contribution in [-0.4, -0.2) is 49.8 Å². The molecule has 2 N–H and O–H groups in total. The molecule has 4 aromatic rings. The summed E-state index contributed by atoms with van der Waals surface area (Å²) in [4.78, 5) is 24.1. The van der Waals surface area contributed by atoms with Crippen LogP contribution in [0.25, 0.3) is 6.08 Å². The van der Waals surface area contributed by atoms with Crippen LogP contribution in [0.15, 0.2) is 84.7 Å². The number of methoxy groups -OCH3 is 1. The lowest BCUT2D eigenvalue weighted by Crippen LogP contribution is -2.18. The van der Waals surface area contributed by atoms with Crippen molar-refractivity contribution in [1.29, 1.82) is 0 Å². The molecule has 41 heavy (non-hydrogen) atoms. The molecule has 0 unspecified atom stereocenters. The predicted molar refractivity (Wildman–Crippen MR) is 153 cm³/mol. The third-order valence-electron chi connectivity index (χ3n) is 5.05. The number of rotatable bonds is 12. The van der Waals surface area contributed by atoms with Crippen molar-refractivity contribution in [1.82, 2.24) is 15.0 Å². The molecule has 0 aliphatic carbocycles. The molecule has 1 amide bonds. The Morgan fingerprint density at radius 3 is 2.56 bits per heavy atom. The van der Waals surface area contributed by atoms with Gasteiger partial charge in [-0.05, 0) is 35.9 Å². The van der Waals surface area contributed by atoms with Crippen LogP contribution in [0.3, 0.4) is 0 Å². The predicted octanol–water partition coefficient (Wildman–Crippen LogP) is 5.37. The molecular formula is C27H24ClN5O7S. The molecule has 2 aromatic heterocycles. The summed E-state index contributed by atoms with van der Waals surface area (Å²) in [5, 5.41) is 3.66. The van der Waals surface area contributed by atoms with Gasteiger partial charge in [-0.1, -0.05) is 48.0 Å². The van der Waals surface area contributed by atoms with E-state index in [2.05, 4.69) is 25.0 Å². The first-order valence-corrected chi connectivity index (χ1v) is 13.9. The van der Waals surface area contributed by atoms with Crippen molar-refractivity contribution >= 4 is 45.4 Å². The lowest BCUT2D eigenvalue weighted by atomic mass is 10.2. The van der Waals surface area contributed by atoms with Crippen molar-refractivity contribution in [2.75, 3.05) is 30.4 Å². The number of hydrogen-bond donors (Lipinski definition) is 2. The lowest BCUT2D eigenvalue weighted by Gasteiger charge is -2.16. The number of sulfonamides is 1. The number of carbonyl (C=O) groups is 1. The van der Waals surface area contributed by atoms with Crippen LogP contribution < -0.4 is 24.2 Å². The van der Waals surface area contributed by atoms with Crippen molar-refractivity contribution in [2.24, 2.45) is 0 Å². The minimum absolute atomic E-state index is 0.122. The van der Waals surface area contributed by atoms with Crippen LogP contribution in [0, 0.1) is 0 Å².